The normalized spacial score (nSPS) is 17.1. The topological polar surface area (TPSA) is 32.5 Å². The average molecular weight is 249 g/mol. The molecule has 4 heteroatoms. The molecule has 0 spiro atoms. The number of anilines is 1. The molecule has 1 aliphatic rings. The highest BCUT2D eigenvalue weighted by molar-refractivity contribution is 7.80. The molecular weight excluding hydrogens is 230 g/mol. The van der Waals surface area contributed by atoms with Crippen molar-refractivity contribution in [3.05, 3.63) is 29.8 Å². The molecule has 1 saturated heterocycles. The number of hydrogen-bond donors (Lipinski definition) is 1. The minimum Gasteiger partial charge on any atom is -0.389 e. The first-order chi connectivity index (χ1) is 8.22. The zero-order valence-corrected chi connectivity index (χ0v) is 11.0. The third-order valence-corrected chi connectivity index (χ3v) is 3.55. The number of benzene rings is 1. The number of nitrogens with two attached hydrogens (primary N) is 1. The third kappa shape index (κ3) is 2.76. The highest BCUT2D eigenvalue weighted by Gasteiger charge is 2.18. The van der Waals surface area contributed by atoms with Crippen molar-refractivity contribution in [2.45, 2.75) is 6.92 Å². The predicted molar refractivity (Wildman–Crippen MR) is 76.7 cm³/mol. The zero-order chi connectivity index (χ0) is 12.3. The highest BCUT2D eigenvalue weighted by Crippen LogP contribution is 2.21. The van der Waals surface area contributed by atoms with Crippen LogP contribution < -0.4 is 10.6 Å². The molecule has 3 nitrogen and oxygen atoms in total. The fraction of sp³-hybridized carbons (Fsp3) is 0.462. The van der Waals surface area contributed by atoms with E-state index in [1.54, 1.807) is 0 Å². The van der Waals surface area contributed by atoms with E-state index in [1.165, 1.54) is 5.69 Å². The van der Waals surface area contributed by atoms with Crippen LogP contribution in [0.15, 0.2) is 24.3 Å². The van der Waals surface area contributed by atoms with Gasteiger partial charge in [0.1, 0.15) is 4.99 Å². The molecule has 2 N–H and O–H groups in total. The minimum absolute atomic E-state index is 0.485. The molecule has 1 aliphatic heterocycles. The number of rotatable bonds is 3. The van der Waals surface area contributed by atoms with Crippen molar-refractivity contribution in [2.75, 3.05) is 37.6 Å². The molecule has 1 heterocycles. The molecular formula is C13H19N3S. The lowest BCUT2D eigenvalue weighted by molar-refractivity contribution is 0.271. The Hall–Kier alpha value is -1.13. The number of piperazine rings is 1. The predicted octanol–water partition coefficient (Wildman–Crippen LogP) is 1.46. The van der Waals surface area contributed by atoms with E-state index in [1.807, 2.05) is 18.2 Å². The second-order valence-corrected chi connectivity index (χ2v) is 4.74. The van der Waals surface area contributed by atoms with E-state index in [0.717, 1.165) is 38.3 Å². The van der Waals surface area contributed by atoms with Gasteiger partial charge in [-0.05, 0) is 18.7 Å². The molecule has 0 saturated carbocycles. The molecule has 1 fully saturated rings. The Morgan fingerprint density at radius 2 is 1.88 bits per heavy atom. The lowest BCUT2D eigenvalue weighted by atomic mass is 10.1. The van der Waals surface area contributed by atoms with Crippen LogP contribution in [0.25, 0.3) is 0 Å². The SMILES string of the molecule is CCN1CCN(c2ccccc2C(N)=S)CC1. The fourth-order valence-corrected chi connectivity index (χ4v) is 2.44. The van der Waals surface area contributed by atoms with Crippen LogP contribution in [0.2, 0.25) is 0 Å². The van der Waals surface area contributed by atoms with Gasteiger partial charge in [-0.3, -0.25) is 0 Å². The molecule has 1 aromatic rings. The fourth-order valence-electron chi connectivity index (χ4n) is 2.26. The van der Waals surface area contributed by atoms with Crippen molar-refractivity contribution in [1.82, 2.24) is 4.90 Å². The summed E-state index contributed by atoms with van der Waals surface area (Å²) in [5, 5.41) is 0. The van der Waals surface area contributed by atoms with Crippen LogP contribution in [0.3, 0.4) is 0 Å². The maximum absolute atomic E-state index is 5.77. The lowest BCUT2D eigenvalue weighted by Crippen LogP contribution is -2.46. The van der Waals surface area contributed by atoms with Crippen LogP contribution in [0.1, 0.15) is 12.5 Å². The van der Waals surface area contributed by atoms with Crippen LogP contribution >= 0.6 is 12.2 Å². The van der Waals surface area contributed by atoms with Crippen LogP contribution in [0, 0.1) is 0 Å². The summed E-state index contributed by atoms with van der Waals surface area (Å²) in [6, 6.07) is 8.14. The van der Waals surface area contributed by atoms with E-state index >= 15 is 0 Å². The van der Waals surface area contributed by atoms with Gasteiger partial charge in [0.05, 0.1) is 0 Å². The molecule has 92 valence electrons. The Bertz CT molecular complexity index is 397. The molecule has 2 rings (SSSR count). The Morgan fingerprint density at radius 3 is 2.47 bits per heavy atom. The van der Waals surface area contributed by atoms with Crippen molar-refractivity contribution in [2.24, 2.45) is 5.73 Å². The summed E-state index contributed by atoms with van der Waals surface area (Å²) in [6.07, 6.45) is 0. The Morgan fingerprint density at radius 1 is 1.24 bits per heavy atom. The summed E-state index contributed by atoms with van der Waals surface area (Å²) in [4.78, 5) is 5.32. The van der Waals surface area contributed by atoms with Gasteiger partial charge in [-0.1, -0.05) is 31.3 Å². The van der Waals surface area contributed by atoms with Gasteiger partial charge in [-0.2, -0.15) is 0 Å². The number of thiocarbonyl (C=S) groups is 1. The van der Waals surface area contributed by atoms with Gasteiger partial charge in [0, 0.05) is 37.4 Å². The molecule has 17 heavy (non-hydrogen) atoms. The molecule has 0 bridgehead atoms. The van der Waals surface area contributed by atoms with Gasteiger partial charge in [-0.15, -0.1) is 0 Å². The maximum Gasteiger partial charge on any atom is 0.106 e. The van der Waals surface area contributed by atoms with E-state index in [9.17, 15) is 0 Å². The van der Waals surface area contributed by atoms with E-state index in [0.29, 0.717) is 4.99 Å². The van der Waals surface area contributed by atoms with E-state index in [-0.39, 0.29) is 0 Å². The first-order valence-corrected chi connectivity index (χ1v) is 6.49. The zero-order valence-electron chi connectivity index (χ0n) is 10.2. The third-order valence-electron chi connectivity index (χ3n) is 3.33. The number of likely N-dealkylation sites (N-methyl/N-ethyl adjacent to an activating group) is 1. The van der Waals surface area contributed by atoms with Gasteiger partial charge in [0.2, 0.25) is 0 Å². The summed E-state index contributed by atoms with van der Waals surface area (Å²) < 4.78 is 0. The number of para-hydroxylation sites is 1. The first kappa shape index (κ1) is 12.3. The molecule has 0 radical (unpaired) electrons. The minimum atomic E-state index is 0.485. The lowest BCUT2D eigenvalue weighted by Gasteiger charge is -2.36. The molecule has 0 aliphatic carbocycles. The second kappa shape index (κ2) is 5.47. The van der Waals surface area contributed by atoms with Crippen molar-refractivity contribution in [1.29, 1.82) is 0 Å². The monoisotopic (exact) mass is 249 g/mol. The van der Waals surface area contributed by atoms with Gasteiger partial charge in [-0.25, -0.2) is 0 Å². The van der Waals surface area contributed by atoms with E-state index in [4.69, 9.17) is 18.0 Å². The van der Waals surface area contributed by atoms with Crippen LogP contribution in [0.5, 0.6) is 0 Å². The summed E-state index contributed by atoms with van der Waals surface area (Å²) in [6.45, 7) is 7.66. The molecule has 0 amide bonds. The number of hydrogen-bond acceptors (Lipinski definition) is 3. The quantitative estimate of drug-likeness (QED) is 0.822. The second-order valence-electron chi connectivity index (χ2n) is 4.30. The van der Waals surface area contributed by atoms with Crippen LogP contribution in [-0.4, -0.2) is 42.6 Å². The molecule has 0 unspecified atom stereocenters. The summed E-state index contributed by atoms with van der Waals surface area (Å²) >= 11 is 5.11. The largest absolute Gasteiger partial charge is 0.389 e. The average Bonchev–Trinajstić information content (AvgIpc) is 2.39. The van der Waals surface area contributed by atoms with Crippen molar-refractivity contribution >= 4 is 22.9 Å². The summed E-state index contributed by atoms with van der Waals surface area (Å²) in [5.74, 6) is 0. The molecule has 0 atom stereocenters. The summed E-state index contributed by atoms with van der Waals surface area (Å²) in [7, 11) is 0. The van der Waals surface area contributed by atoms with E-state index < -0.39 is 0 Å². The summed E-state index contributed by atoms with van der Waals surface area (Å²) in [5.41, 5.74) is 7.94. The van der Waals surface area contributed by atoms with Crippen molar-refractivity contribution < 1.29 is 0 Å². The Labute approximate surface area is 108 Å². The van der Waals surface area contributed by atoms with Crippen molar-refractivity contribution in [3.8, 4) is 0 Å². The molecule has 1 aromatic carbocycles. The van der Waals surface area contributed by atoms with Gasteiger partial charge in [0.15, 0.2) is 0 Å². The van der Waals surface area contributed by atoms with Gasteiger partial charge < -0.3 is 15.5 Å². The maximum atomic E-state index is 5.77. The van der Waals surface area contributed by atoms with Crippen LogP contribution in [0.4, 0.5) is 5.69 Å². The standard InChI is InChI=1S/C13H19N3S/c1-2-15-7-9-16(10-8-15)12-6-4-3-5-11(12)13(14)17/h3-6H,2,7-10H2,1H3,(H2,14,17). The first-order valence-electron chi connectivity index (χ1n) is 6.08. The van der Waals surface area contributed by atoms with Gasteiger partial charge >= 0.3 is 0 Å². The molecule has 0 aromatic heterocycles. The highest BCUT2D eigenvalue weighted by atomic mass is 32.1. The number of nitrogens with zero attached hydrogens (tertiary/aromatic N) is 2. The smallest absolute Gasteiger partial charge is 0.106 e. The Balaban J connectivity index is 2.15. The van der Waals surface area contributed by atoms with Crippen LogP contribution in [-0.2, 0) is 0 Å². The Kier molecular flexibility index (Phi) is 3.97. The van der Waals surface area contributed by atoms with E-state index in [2.05, 4.69) is 22.8 Å². The van der Waals surface area contributed by atoms with Crippen molar-refractivity contribution in [3.63, 3.8) is 0 Å². The van der Waals surface area contributed by atoms with Gasteiger partial charge in [0.25, 0.3) is 0 Å².